The highest BCUT2D eigenvalue weighted by Gasteiger charge is 2.34. The monoisotopic (exact) mass is 565 g/mol. The third-order valence-electron chi connectivity index (χ3n) is 6.70. The summed E-state index contributed by atoms with van der Waals surface area (Å²) in [4.78, 5) is 37.0. The van der Waals surface area contributed by atoms with E-state index in [-0.39, 0.29) is 40.2 Å². The quantitative estimate of drug-likeness (QED) is 0.336. The lowest BCUT2D eigenvalue weighted by atomic mass is 10.1. The maximum atomic E-state index is 13.7. The van der Waals surface area contributed by atoms with Gasteiger partial charge in [-0.2, -0.15) is 13.2 Å². The summed E-state index contributed by atoms with van der Waals surface area (Å²) in [6.07, 6.45) is -3.29. The normalized spacial score (nSPS) is 13.7. The molecule has 0 saturated carbocycles. The molecule has 9 nitrogen and oxygen atoms in total. The maximum absolute atomic E-state index is 13.7. The number of rotatable bonds is 7. The summed E-state index contributed by atoms with van der Waals surface area (Å²) in [6, 6.07) is 13.7. The summed E-state index contributed by atoms with van der Waals surface area (Å²) in [6.45, 7) is 6.20. The van der Waals surface area contributed by atoms with Crippen LogP contribution in [-0.4, -0.2) is 53.9 Å². The van der Waals surface area contributed by atoms with Crippen molar-refractivity contribution in [2.45, 2.75) is 12.7 Å². The van der Waals surface area contributed by atoms with Gasteiger partial charge in [0.25, 0.3) is 5.91 Å². The van der Waals surface area contributed by atoms with E-state index in [9.17, 15) is 22.8 Å². The van der Waals surface area contributed by atoms with Crippen LogP contribution in [0.15, 0.2) is 72.2 Å². The molecular weight excluding hydrogens is 539 g/mol. The zero-order valence-corrected chi connectivity index (χ0v) is 22.1. The SMILES string of the molecule is C=C(OC)c1c(CNC(=O)c2ccc(N3CCOCC3)nc2)c(=O)c2ccc(C(F)(F)F)nc2n1-c1ccccc1. The predicted octanol–water partition coefficient (Wildman–Crippen LogP) is 4.18. The van der Waals surface area contributed by atoms with Crippen molar-refractivity contribution in [2.75, 3.05) is 38.3 Å². The molecule has 1 amide bonds. The molecule has 1 N–H and O–H groups in total. The molecule has 0 aliphatic carbocycles. The smallest absolute Gasteiger partial charge is 0.433 e. The molecular formula is C29H26F3N5O4. The summed E-state index contributed by atoms with van der Waals surface area (Å²) >= 11 is 0. The number of hydrogen-bond donors (Lipinski definition) is 1. The van der Waals surface area contributed by atoms with Gasteiger partial charge in [-0.1, -0.05) is 24.8 Å². The van der Waals surface area contributed by atoms with Gasteiger partial charge in [-0.25, -0.2) is 9.97 Å². The second kappa shape index (κ2) is 11.4. The number of nitrogens with zero attached hydrogens (tertiary/aromatic N) is 4. The van der Waals surface area contributed by atoms with E-state index >= 15 is 0 Å². The Bertz CT molecular complexity index is 1650. The van der Waals surface area contributed by atoms with Crippen molar-refractivity contribution in [1.29, 1.82) is 0 Å². The molecule has 5 rings (SSSR count). The van der Waals surface area contributed by atoms with Crippen molar-refractivity contribution in [3.8, 4) is 5.69 Å². The Morgan fingerprint density at radius 2 is 1.83 bits per heavy atom. The number of benzene rings is 1. The predicted molar refractivity (Wildman–Crippen MR) is 147 cm³/mol. The lowest BCUT2D eigenvalue weighted by molar-refractivity contribution is -0.141. The van der Waals surface area contributed by atoms with Gasteiger partial charge < -0.3 is 19.7 Å². The Morgan fingerprint density at radius 1 is 1.10 bits per heavy atom. The molecule has 0 unspecified atom stereocenters. The van der Waals surface area contributed by atoms with Crippen molar-refractivity contribution in [2.24, 2.45) is 0 Å². The number of carbonyl (C=O) groups is 1. The summed E-state index contributed by atoms with van der Waals surface area (Å²) in [7, 11) is 1.33. The van der Waals surface area contributed by atoms with Gasteiger partial charge in [0.1, 0.15) is 22.9 Å². The molecule has 1 aliphatic rings. The van der Waals surface area contributed by atoms with Crippen LogP contribution < -0.4 is 15.6 Å². The first kappa shape index (κ1) is 27.8. The lowest BCUT2D eigenvalue weighted by Gasteiger charge is -2.27. The number of methoxy groups -OCH3 is 1. The summed E-state index contributed by atoms with van der Waals surface area (Å²) in [5.74, 6) is 0.235. The number of pyridine rings is 3. The first-order valence-corrected chi connectivity index (χ1v) is 12.7. The van der Waals surface area contributed by atoms with E-state index in [0.29, 0.717) is 32.0 Å². The van der Waals surface area contributed by atoms with Crippen LogP contribution in [0.5, 0.6) is 0 Å². The molecule has 12 heteroatoms. The highest BCUT2D eigenvalue weighted by atomic mass is 19.4. The molecule has 212 valence electrons. The molecule has 1 aromatic carbocycles. The van der Waals surface area contributed by atoms with Gasteiger partial charge in [0.05, 0.1) is 37.0 Å². The van der Waals surface area contributed by atoms with Crippen molar-refractivity contribution in [3.05, 3.63) is 100 Å². The number of hydrogen-bond acceptors (Lipinski definition) is 7. The van der Waals surface area contributed by atoms with E-state index < -0.39 is 23.2 Å². The number of para-hydroxylation sites is 1. The fraction of sp³-hybridized carbons (Fsp3) is 0.241. The highest BCUT2D eigenvalue weighted by Crippen LogP contribution is 2.31. The van der Waals surface area contributed by atoms with Crippen molar-refractivity contribution in [3.63, 3.8) is 0 Å². The Morgan fingerprint density at radius 3 is 2.46 bits per heavy atom. The van der Waals surface area contributed by atoms with Crippen LogP contribution in [0.25, 0.3) is 22.5 Å². The number of alkyl halides is 3. The largest absolute Gasteiger partial charge is 0.495 e. The van der Waals surface area contributed by atoms with E-state index in [4.69, 9.17) is 9.47 Å². The number of morpholine rings is 1. The van der Waals surface area contributed by atoms with E-state index in [0.717, 1.165) is 18.0 Å². The molecule has 0 radical (unpaired) electrons. The van der Waals surface area contributed by atoms with Crippen molar-refractivity contribution in [1.82, 2.24) is 19.9 Å². The Balaban J connectivity index is 1.57. The standard InChI is InChI=1S/C29H26F3N5O4/c1-18(40-2)25-22(17-34-28(39)19-8-11-24(33-16-19)36-12-14-41-15-13-36)26(38)21-9-10-23(29(30,31)32)35-27(21)37(25)20-6-4-3-5-7-20/h3-11,16H,1,12-15,17H2,2H3,(H,34,39). The number of aromatic nitrogens is 3. The van der Waals surface area contributed by atoms with Crippen LogP contribution in [0.4, 0.5) is 19.0 Å². The van der Waals surface area contributed by atoms with Gasteiger partial charge in [-0.3, -0.25) is 14.2 Å². The number of carbonyl (C=O) groups excluding carboxylic acids is 1. The topological polar surface area (TPSA) is 98.6 Å². The molecule has 0 spiro atoms. The molecule has 0 atom stereocenters. The second-order valence-corrected chi connectivity index (χ2v) is 9.21. The molecule has 1 saturated heterocycles. The zero-order valence-electron chi connectivity index (χ0n) is 22.1. The molecule has 1 fully saturated rings. The van der Waals surface area contributed by atoms with Gasteiger partial charge in [0.15, 0.2) is 5.43 Å². The number of fused-ring (bicyclic) bond motifs is 1. The Hall–Kier alpha value is -4.71. The Kier molecular flexibility index (Phi) is 7.75. The molecule has 0 bridgehead atoms. The molecule has 41 heavy (non-hydrogen) atoms. The van der Waals surface area contributed by atoms with E-state index in [1.165, 1.54) is 17.9 Å². The van der Waals surface area contributed by atoms with Crippen LogP contribution >= 0.6 is 0 Å². The fourth-order valence-corrected chi connectivity index (χ4v) is 4.62. The average molecular weight is 566 g/mol. The number of amides is 1. The van der Waals surface area contributed by atoms with Crippen LogP contribution in [-0.2, 0) is 22.2 Å². The van der Waals surface area contributed by atoms with Gasteiger partial charge in [0.2, 0.25) is 0 Å². The summed E-state index contributed by atoms with van der Waals surface area (Å²) < 4.78 is 52.9. The lowest BCUT2D eigenvalue weighted by Crippen LogP contribution is -2.36. The van der Waals surface area contributed by atoms with Crippen LogP contribution in [0.3, 0.4) is 0 Å². The minimum Gasteiger partial charge on any atom is -0.495 e. The number of halogens is 3. The number of nitrogens with one attached hydrogen (secondary N) is 1. The third-order valence-corrected chi connectivity index (χ3v) is 6.70. The van der Waals surface area contributed by atoms with Crippen molar-refractivity contribution < 1.29 is 27.4 Å². The molecule has 3 aromatic heterocycles. The second-order valence-electron chi connectivity index (χ2n) is 9.21. The van der Waals surface area contributed by atoms with E-state index in [2.05, 4.69) is 21.9 Å². The fourth-order valence-electron chi connectivity index (χ4n) is 4.62. The first-order valence-electron chi connectivity index (χ1n) is 12.7. The number of ether oxygens (including phenoxy) is 2. The maximum Gasteiger partial charge on any atom is 0.433 e. The zero-order chi connectivity index (χ0) is 29.1. The molecule has 1 aliphatic heterocycles. The van der Waals surface area contributed by atoms with Gasteiger partial charge in [0, 0.05) is 37.1 Å². The minimum absolute atomic E-state index is 0.00726. The van der Waals surface area contributed by atoms with Gasteiger partial charge >= 0.3 is 6.18 Å². The minimum atomic E-state index is -4.73. The summed E-state index contributed by atoms with van der Waals surface area (Å²) in [5, 5.41) is 2.67. The third kappa shape index (κ3) is 5.64. The average Bonchev–Trinajstić information content (AvgIpc) is 3.00. The van der Waals surface area contributed by atoms with Crippen LogP contribution in [0.2, 0.25) is 0 Å². The molecule has 4 aromatic rings. The van der Waals surface area contributed by atoms with E-state index in [1.54, 1.807) is 42.5 Å². The van der Waals surface area contributed by atoms with Crippen LogP contribution in [0, 0.1) is 0 Å². The highest BCUT2D eigenvalue weighted by molar-refractivity contribution is 5.94. The van der Waals surface area contributed by atoms with E-state index in [1.807, 2.05) is 4.90 Å². The number of anilines is 1. The Labute approximate surface area is 232 Å². The molecule has 4 heterocycles. The van der Waals surface area contributed by atoms with Crippen molar-refractivity contribution >= 4 is 28.5 Å². The summed E-state index contributed by atoms with van der Waals surface area (Å²) in [5.41, 5.74) is -1.13. The van der Waals surface area contributed by atoms with Crippen LogP contribution in [0.1, 0.15) is 27.3 Å². The first-order chi connectivity index (χ1) is 19.7. The van der Waals surface area contributed by atoms with Gasteiger partial charge in [-0.05, 0) is 36.4 Å². The van der Waals surface area contributed by atoms with Gasteiger partial charge in [-0.15, -0.1) is 0 Å².